The first-order valence-electron chi connectivity index (χ1n) is 15.0. The van der Waals surface area contributed by atoms with Crippen LogP contribution in [0.3, 0.4) is 0 Å². The molecule has 47 heavy (non-hydrogen) atoms. The maximum Gasteiger partial charge on any atom is 0.422 e. The smallest absolute Gasteiger partial charge is 0.422 e. The molecule has 5 N–H and O–H groups in total. The van der Waals surface area contributed by atoms with E-state index < -0.39 is 36.7 Å². The van der Waals surface area contributed by atoms with E-state index in [0.717, 1.165) is 12.0 Å². The molecule has 4 heterocycles. The zero-order valence-electron chi connectivity index (χ0n) is 25.2. The summed E-state index contributed by atoms with van der Waals surface area (Å²) in [7, 11) is 0. The van der Waals surface area contributed by atoms with Gasteiger partial charge in [-0.15, -0.1) is 0 Å². The Hall–Kier alpha value is -5.12. The van der Waals surface area contributed by atoms with E-state index >= 15 is 0 Å². The van der Waals surface area contributed by atoms with Crippen LogP contribution in [0.5, 0.6) is 17.5 Å². The van der Waals surface area contributed by atoms with Gasteiger partial charge in [-0.3, -0.25) is 4.79 Å². The van der Waals surface area contributed by atoms with Crippen molar-refractivity contribution in [2.24, 2.45) is 5.92 Å². The molecule has 6 rings (SSSR count). The van der Waals surface area contributed by atoms with Crippen molar-refractivity contribution in [2.45, 2.75) is 44.4 Å². The maximum absolute atomic E-state index is 13.4. The Labute approximate surface area is 267 Å². The summed E-state index contributed by atoms with van der Waals surface area (Å²) >= 11 is 0. The summed E-state index contributed by atoms with van der Waals surface area (Å²) in [5, 5.41) is 21.4. The second-order valence-electron chi connectivity index (χ2n) is 10.9. The monoisotopic (exact) mass is 657 g/mol. The van der Waals surface area contributed by atoms with Gasteiger partial charge in [-0.1, -0.05) is 12.1 Å². The molecule has 6 bridgehead atoms. The summed E-state index contributed by atoms with van der Waals surface area (Å²) in [6.45, 7) is -0.0173. The summed E-state index contributed by atoms with van der Waals surface area (Å²) in [5.74, 6) is -1.45. The van der Waals surface area contributed by atoms with E-state index in [-0.39, 0.29) is 42.3 Å². The lowest BCUT2D eigenvalue weighted by Crippen LogP contribution is -2.46. The van der Waals surface area contributed by atoms with Crippen molar-refractivity contribution in [2.75, 3.05) is 36.9 Å². The molecule has 1 saturated heterocycles. The number of ether oxygens (including phenoxy) is 3. The van der Waals surface area contributed by atoms with E-state index in [9.17, 15) is 27.9 Å². The highest BCUT2D eigenvalue weighted by atomic mass is 19.4. The highest BCUT2D eigenvalue weighted by molar-refractivity contribution is 5.99. The van der Waals surface area contributed by atoms with Gasteiger partial charge in [0.2, 0.25) is 11.9 Å². The molecule has 250 valence electrons. The number of halogens is 3. The number of fused-ring (bicyclic) bond motifs is 9. The minimum atomic E-state index is -4.62. The molecule has 2 unspecified atom stereocenters. The highest BCUT2D eigenvalue weighted by Gasteiger charge is 2.33. The molecule has 0 saturated carbocycles. The lowest BCUT2D eigenvalue weighted by Gasteiger charge is -2.21. The second-order valence-corrected chi connectivity index (χ2v) is 10.9. The molecule has 0 radical (unpaired) electrons. The fourth-order valence-electron chi connectivity index (χ4n) is 4.91. The molecule has 3 aromatic rings. The van der Waals surface area contributed by atoms with Crippen LogP contribution in [-0.2, 0) is 11.3 Å². The summed E-state index contributed by atoms with van der Waals surface area (Å²) in [5.41, 5.74) is 1.27. The molecular weight excluding hydrogens is 623 g/mol. The van der Waals surface area contributed by atoms with Gasteiger partial charge in [0, 0.05) is 30.8 Å². The largest absolute Gasteiger partial charge is 0.493 e. The molecule has 2 atom stereocenters. The van der Waals surface area contributed by atoms with E-state index in [1.165, 1.54) is 18.2 Å². The minimum absolute atomic E-state index is 0.0533. The van der Waals surface area contributed by atoms with E-state index in [2.05, 4.69) is 36.2 Å². The van der Waals surface area contributed by atoms with Crippen molar-refractivity contribution >= 4 is 29.5 Å². The third kappa shape index (κ3) is 9.93. The van der Waals surface area contributed by atoms with E-state index in [4.69, 9.17) is 14.2 Å². The van der Waals surface area contributed by atoms with Crippen LogP contribution in [0.15, 0.2) is 54.8 Å². The van der Waals surface area contributed by atoms with Gasteiger partial charge in [0.1, 0.15) is 17.5 Å². The van der Waals surface area contributed by atoms with Gasteiger partial charge in [-0.25, -0.2) is 4.79 Å². The number of alkyl halides is 3. The highest BCUT2D eigenvalue weighted by Crippen LogP contribution is 2.28. The van der Waals surface area contributed by atoms with E-state index in [1.807, 2.05) is 18.2 Å². The minimum Gasteiger partial charge on any atom is -0.493 e. The van der Waals surface area contributed by atoms with Crippen LogP contribution in [0.25, 0.3) is 0 Å². The first-order chi connectivity index (χ1) is 22.6. The van der Waals surface area contributed by atoms with Crippen LogP contribution in [-0.4, -0.2) is 70.5 Å². The van der Waals surface area contributed by atoms with Crippen LogP contribution < -0.4 is 35.5 Å². The average molecular weight is 658 g/mol. The summed E-state index contributed by atoms with van der Waals surface area (Å²) < 4.78 is 55.2. The maximum atomic E-state index is 13.4. The molecule has 16 heteroatoms. The SMILES string of the molecule is O=C(NC(C(=O)O)C1CCNC1)c1ccc2cc1OCCCC/C=C/Oc1ccc(cc1)CNc1nc(nc(OCC(F)(F)F)n1)N2. The molecule has 1 amide bonds. The fourth-order valence-corrected chi connectivity index (χ4v) is 4.91. The Morgan fingerprint density at radius 3 is 2.64 bits per heavy atom. The first-order valence-corrected chi connectivity index (χ1v) is 15.0. The third-order valence-electron chi connectivity index (χ3n) is 7.28. The van der Waals surface area contributed by atoms with Crippen LogP contribution in [0, 0.1) is 5.92 Å². The Morgan fingerprint density at radius 2 is 1.89 bits per heavy atom. The number of nitrogens with zero attached hydrogens (tertiary/aromatic N) is 3. The number of aromatic nitrogens is 3. The Morgan fingerprint density at radius 1 is 1.09 bits per heavy atom. The average Bonchev–Trinajstić information content (AvgIpc) is 3.57. The Balaban J connectivity index is 1.43. The van der Waals surface area contributed by atoms with E-state index in [0.29, 0.717) is 43.8 Å². The zero-order chi connectivity index (χ0) is 33.2. The topological polar surface area (TPSA) is 169 Å². The summed E-state index contributed by atoms with van der Waals surface area (Å²) in [6.07, 6.45) is 1.58. The Bertz CT molecular complexity index is 1570. The number of nitrogens with one attached hydrogen (secondary N) is 4. The van der Waals surface area contributed by atoms with Crippen LogP contribution in [0.1, 0.15) is 41.6 Å². The van der Waals surface area contributed by atoms with Gasteiger partial charge in [0.15, 0.2) is 6.61 Å². The van der Waals surface area contributed by atoms with Crippen LogP contribution in [0.4, 0.5) is 30.8 Å². The summed E-state index contributed by atoms with van der Waals surface area (Å²) in [4.78, 5) is 37.6. The number of anilines is 3. The molecule has 13 nitrogen and oxygen atoms in total. The van der Waals surface area contributed by atoms with Crippen LogP contribution in [0.2, 0.25) is 0 Å². The Kier molecular flexibility index (Phi) is 10.9. The molecule has 1 fully saturated rings. The molecule has 0 aliphatic carbocycles. The number of carbonyl (C=O) groups excluding carboxylic acids is 1. The quantitative estimate of drug-likeness (QED) is 0.254. The number of carboxylic acid groups (broad SMARTS) is 1. The number of hydrogen-bond donors (Lipinski definition) is 5. The first kappa shape index (κ1) is 33.2. The van der Waals surface area contributed by atoms with Gasteiger partial charge in [0.05, 0.1) is 18.4 Å². The van der Waals surface area contributed by atoms with Gasteiger partial charge in [-0.2, -0.15) is 28.1 Å². The standard InChI is InChI=1S/C31H34F3N7O6/c32-31(33,34)18-47-30-40-28-36-16-19-5-8-22(9-6-19)45-13-3-1-2-4-14-46-24-15-21(37-29(39-28)41-30)7-10-23(24)26(42)38-25(27(43)44)20-11-12-35-17-20/h3,5-10,13,15,20,25,35H,1-2,4,11-12,14,16-18H2,(H,38,42)(H,43,44)(H2,36,37,39,40,41)/b13-3+. The van der Waals surface area contributed by atoms with Gasteiger partial charge >= 0.3 is 18.2 Å². The number of carboxylic acids is 1. The van der Waals surface area contributed by atoms with Gasteiger partial charge < -0.3 is 40.6 Å². The molecule has 1 aromatic heterocycles. The number of rotatable bonds is 6. The van der Waals surface area contributed by atoms with Crippen molar-refractivity contribution in [3.63, 3.8) is 0 Å². The number of benzene rings is 2. The van der Waals surface area contributed by atoms with Crippen molar-refractivity contribution in [1.29, 1.82) is 0 Å². The number of hydrogen-bond acceptors (Lipinski definition) is 11. The predicted octanol–water partition coefficient (Wildman–Crippen LogP) is 4.42. The molecule has 2 aromatic carbocycles. The van der Waals surface area contributed by atoms with Crippen molar-refractivity contribution < 1.29 is 42.1 Å². The fraction of sp³-hybridized carbons (Fsp3) is 0.387. The van der Waals surface area contributed by atoms with Gasteiger partial charge in [-0.05, 0) is 68.1 Å². The third-order valence-corrected chi connectivity index (χ3v) is 7.28. The van der Waals surface area contributed by atoms with E-state index in [1.54, 1.807) is 18.4 Å². The summed E-state index contributed by atoms with van der Waals surface area (Å²) in [6, 6.07) is 10.0. The van der Waals surface area contributed by atoms with Crippen molar-refractivity contribution in [1.82, 2.24) is 25.6 Å². The predicted molar refractivity (Wildman–Crippen MR) is 164 cm³/mol. The number of aliphatic carboxylic acids is 1. The number of allylic oxidation sites excluding steroid dienone is 1. The molecule has 3 aliphatic rings. The van der Waals surface area contributed by atoms with Gasteiger partial charge in [0.25, 0.3) is 5.91 Å². The lowest BCUT2D eigenvalue weighted by molar-refractivity contribution is -0.154. The van der Waals surface area contributed by atoms with Crippen molar-refractivity contribution in [3.8, 4) is 17.5 Å². The van der Waals surface area contributed by atoms with Crippen LogP contribution >= 0.6 is 0 Å². The molecule has 3 aliphatic heterocycles. The second kappa shape index (κ2) is 15.4. The lowest BCUT2D eigenvalue weighted by atomic mass is 9.98. The molecular formula is C31H34F3N7O6. The normalized spacial score (nSPS) is 18.2. The zero-order valence-corrected chi connectivity index (χ0v) is 25.2. The molecule has 0 spiro atoms. The number of amides is 1. The van der Waals surface area contributed by atoms with Crippen molar-refractivity contribution in [3.05, 3.63) is 65.9 Å². The number of carbonyl (C=O) groups is 2.